The summed E-state index contributed by atoms with van der Waals surface area (Å²) >= 11 is 6.74. The average Bonchev–Trinajstić information content (AvgIpc) is 3.34. The summed E-state index contributed by atoms with van der Waals surface area (Å²) in [6.45, 7) is 4.99. The van der Waals surface area contributed by atoms with Crippen molar-refractivity contribution in [3.63, 3.8) is 0 Å². The zero-order chi connectivity index (χ0) is 24.0. The number of piperidine rings is 1. The number of aromatic nitrogens is 1. The average molecular weight is 500 g/mol. The van der Waals surface area contributed by atoms with Crippen LogP contribution in [0.25, 0.3) is 10.8 Å². The van der Waals surface area contributed by atoms with Crippen molar-refractivity contribution >= 4 is 34.1 Å². The Hall–Kier alpha value is -1.77. The van der Waals surface area contributed by atoms with Gasteiger partial charge in [0.2, 0.25) is 5.91 Å². The highest BCUT2D eigenvalue weighted by Crippen LogP contribution is 2.59. The van der Waals surface area contributed by atoms with Crippen LogP contribution >= 0.6 is 11.6 Å². The number of fused-ring (bicyclic) bond motifs is 1. The number of likely N-dealkylation sites (tertiary alicyclic amines) is 1. The molecule has 1 amide bonds. The zero-order valence-corrected chi connectivity index (χ0v) is 21.1. The molecule has 1 aromatic carbocycles. The molecule has 1 saturated carbocycles. The maximum absolute atomic E-state index is 12.9. The number of ether oxygens (including phenoxy) is 3. The van der Waals surface area contributed by atoms with E-state index in [9.17, 15) is 4.79 Å². The molecular formula is C27H34ClN3O4. The molecule has 1 aromatic heterocycles. The predicted octanol–water partition coefficient (Wildman–Crippen LogP) is 4.24. The Morgan fingerprint density at radius 2 is 1.94 bits per heavy atom. The van der Waals surface area contributed by atoms with Crippen LogP contribution in [0.2, 0.25) is 5.02 Å². The summed E-state index contributed by atoms with van der Waals surface area (Å²) in [7, 11) is 1.77. The van der Waals surface area contributed by atoms with Gasteiger partial charge >= 0.3 is 0 Å². The number of rotatable bonds is 5. The van der Waals surface area contributed by atoms with E-state index in [4.69, 9.17) is 25.8 Å². The Bertz CT molecular complexity index is 1100. The molecule has 3 atom stereocenters. The van der Waals surface area contributed by atoms with Crippen molar-refractivity contribution < 1.29 is 19.0 Å². The number of amides is 1. The number of nitrogens with one attached hydrogen (secondary N) is 1. The number of pyridine rings is 1. The van der Waals surface area contributed by atoms with Crippen molar-refractivity contribution in [1.82, 2.24) is 9.88 Å². The number of anilines is 1. The van der Waals surface area contributed by atoms with Gasteiger partial charge in [-0.1, -0.05) is 11.6 Å². The maximum atomic E-state index is 12.9. The topological polar surface area (TPSA) is 72.9 Å². The van der Waals surface area contributed by atoms with Gasteiger partial charge in [0.25, 0.3) is 0 Å². The van der Waals surface area contributed by atoms with Crippen molar-refractivity contribution in [2.24, 2.45) is 11.3 Å². The van der Waals surface area contributed by atoms with Crippen LogP contribution in [-0.4, -0.2) is 74.6 Å². The van der Waals surface area contributed by atoms with Crippen LogP contribution in [-0.2, 0) is 19.0 Å². The Morgan fingerprint density at radius 3 is 2.71 bits per heavy atom. The van der Waals surface area contributed by atoms with Gasteiger partial charge in [-0.05, 0) is 85.7 Å². The van der Waals surface area contributed by atoms with Gasteiger partial charge in [-0.2, -0.15) is 0 Å². The molecule has 1 aliphatic carbocycles. The van der Waals surface area contributed by atoms with Crippen LogP contribution in [0.15, 0.2) is 24.4 Å². The third-order valence-electron chi connectivity index (χ3n) is 8.82. The van der Waals surface area contributed by atoms with Crippen molar-refractivity contribution in [2.45, 2.75) is 50.2 Å². The Kier molecular flexibility index (Phi) is 6.48. The fourth-order valence-corrected chi connectivity index (χ4v) is 6.78. The molecular weight excluding hydrogens is 466 g/mol. The minimum Gasteiger partial charge on any atom is -0.381 e. The van der Waals surface area contributed by atoms with Crippen molar-refractivity contribution in [3.05, 3.63) is 35.0 Å². The molecule has 2 aromatic rings. The maximum Gasteiger partial charge on any atom is 0.229 e. The van der Waals surface area contributed by atoms with E-state index in [1.807, 2.05) is 18.3 Å². The number of hydrogen-bond acceptors (Lipinski definition) is 6. The molecule has 188 valence electrons. The number of carbonyl (C=O) groups is 1. The van der Waals surface area contributed by atoms with Crippen molar-refractivity contribution in [3.8, 4) is 0 Å². The Morgan fingerprint density at radius 1 is 1.14 bits per heavy atom. The Labute approximate surface area is 211 Å². The molecule has 3 aliphatic heterocycles. The molecule has 3 saturated heterocycles. The van der Waals surface area contributed by atoms with E-state index in [-0.39, 0.29) is 23.3 Å². The summed E-state index contributed by atoms with van der Waals surface area (Å²) in [6.07, 6.45) is 7.01. The van der Waals surface area contributed by atoms with E-state index in [1.165, 1.54) is 5.56 Å². The SMILES string of the molecule is CO[C@@H]1COC[C@@H]1N1CCC(c2cc3cc(NC(=O)[C@H]4CC45CCOCC5)ncc3cc2Cl)CC1. The van der Waals surface area contributed by atoms with Gasteiger partial charge in [0, 0.05) is 42.8 Å². The van der Waals surface area contributed by atoms with Crippen molar-refractivity contribution in [2.75, 3.05) is 51.9 Å². The lowest BCUT2D eigenvalue weighted by Crippen LogP contribution is -2.47. The van der Waals surface area contributed by atoms with Crippen LogP contribution in [0.5, 0.6) is 0 Å². The lowest BCUT2D eigenvalue weighted by atomic mass is 9.87. The van der Waals surface area contributed by atoms with Crippen LogP contribution < -0.4 is 5.32 Å². The second-order valence-corrected chi connectivity index (χ2v) is 11.1. The van der Waals surface area contributed by atoms with E-state index in [1.54, 1.807) is 7.11 Å². The van der Waals surface area contributed by atoms with Crippen LogP contribution in [0.3, 0.4) is 0 Å². The van der Waals surface area contributed by atoms with E-state index in [0.717, 1.165) is 80.8 Å². The number of nitrogens with zero attached hydrogens (tertiary/aromatic N) is 2. The molecule has 7 nitrogen and oxygen atoms in total. The van der Waals surface area contributed by atoms with Crippen LogP contribution in [0.4, 0.5) is 5.82 Å². The summed E-state index contributed by atoms with van der Waals surface area (Å²) in [5.41, 5.74) is 1.35. The molecule has 4 aliphatic rings. The molecule has 0 bridgehead atoms. The zero-order valence-electron chi connectivity index (χ0n) is 20.3. The van der Waals surface area contributed by atoms with Crippen LogP contribution in [0.1, 0.15) is 43.6 Å². The van der Waals surface area contributed by atoms with Gasteiger partial charge < -0.3 is 19.5 Å². The summed E-state index contributed by atoms with van der Waals surface area (Å²) in [6, 6.07) is 6.54. The smallest absolute Gasteiger partial charge is 0.229 e. The number of halogens is 1. The number of carbonyl (C=O) groups excluding carboxylic acids is 1. The molecule has 8 heteroatoms. The first-order valence-electron chi connectivity index (χ1n) is 12.9. The van der Waals surface area contributed by atoms with Gasteiger partial charge in [0.05, 0.1) is 25.4 Å². The molecule has 6 rings (SSSR count). The molecule has 0 radical (unpaired) electrons. The Balaban J connectivity index is 1.14. The first-order valence-corrected chi connectivity index (χ1v) is 13.3. The number of benzene rings is 1. The quantitative estimate of drug-likeness (QED) is 0.663. The van der Waals surface area contributed by atoms with Gasteiger partial charge in [-0.3, -0.25) is 9.69 Å². The predicted molar refractivity (Wildman–Crippen MR) is 135 cm³/mol. The summed E-state index contributed by atoms with van der Waals surface area (Å²) in [4.78, 5) is 19.9. The number of hydrogen-bond donors (Lipinski definition) is 1. The monoisotopic (exact) mass is 499 g/mol. The first-order chi connectivity index (χ1) is 17.1. The summed E-state index contributed by atoms with van der Waals surface area (Å²) < 4.78 is 16.8. The molecule has 1 N–H and O–H groups in total. The second-order valence-electron chi connectivity index (χ2n) is 10.7. The highest BCUT2D eigenvalue weighted by atomic mass is 35.5. The third kappa shape index (κ3) is 4.58. The van der Waals surface area contributed by atoms with Gasteiger partial charge in [0.15, 0.2) is 0 Å². The minimum atomic E-state index is 0.0813. The molecule has 1 spiro atoms. The fraction of sp³-hybridized carbons (Fsp3) is 0.630. The summed E-state index contributed by atoms with van der Waals surface area (Å²) in [5.74, 6) is 1.20. The molecule has 4 fully saturated rings. The standard InChI is InChI=1S/C27H34ClN3O4/c1-33-24-16-35-15-23(24)31-6-2-17(3-7-31)20-10-18-12-25(29-14-19(18)11-22(20)28)30-26(32)21-13-27(21)4-8-34-9-5-27/h10-12,14,17,21,23-24H,2-9,13,15-16H2,1H3,(H,29,30,32)/t21-,23+,24-/m1/s1. The van der Waals surface area contributed by atoms with Crippen LogP contribution in [0, 0.1) is 11.3 Å². The normalized spacial score (nSPS) is 29.0. The van der Waals surface area contributed by atoms with E-state index in [2.05, 4.69) is 21.3 Å². The lowest BCUT2D eigenvalue weighted by Gasteiger charge is -2.37. The fourth-order valence-electron chi connectivity index (χ4n) is 6.46. The highest BCUT2D eigenvalue weighted by molar-refractivity contribution is 6.32. The van der Waals surface area contributed by atoms with E-state index < -0.39 is 0 Å². The van der Waals surface area contributed by atoms with E-state index >= 15 is 0 Å². The molecule has 4 heterocycles. The third-order valence-corrected chi connectivity index (χ3v) is 9.15. The van der Waals surface area contributed by atoms with E-state index in [0.29, 0.717) is 24.4 Å². The first kappa shape index (κ1) is 23.6. The minimum absolute atomic E-state index is 0.0813. The highest BCUT2D eigenvalue weighted by Gasteiger charge is 2.58. The largest absolute Gasteiger partial charge is 0.381 e. The number of methoxy groups -OCH3 is 1. The lowest BCUT2D eigenvalue weighted by molar-refractivity contribution is -0.118. The van der Waals surface area contributed by atoms with Gasteiger partial charge in [0.1, 0.15) is 5.82 Å². The van der Waals surface area contributed by atoms with Crippen molar-refractivity contribution in [1.29, 1.82) is 0 Å². The molecule has 0 unspecified atom stereocenters. The summed E-state index contributed by atoms with van der Waals surface area (Å²) in [5, 5.41) is 5.93. The second kappa shape index (κ2) is 9.60. The van der Waals surface area contributed by atoms with Gasteiger partial charge in [-0.15, -0.1) is 0 Å². The molecule has 35 heavy (non-hydrogen) atoms. The van der Waals surface area contributed by atoms with Gasteiger partial charge in [-0.25, -0.2) is 4.98 Å².